The molecule has 0 spiro atoms. The number of para-hydroxylation sites is 1. The average Bonchev–Trinajstić information content (AvgIpc) is 3.24. The summed E-state index contributed by atoms with van der Waals surface area (Å²) < 4.78 is 0. The van der Waals surface area contributed by atoms with Crippen LogP contribution in [0, 0.1) is 12.7 Å². The molecule has 23 heavy (non-hydrogen) atoms. The van der Waals surface area contributed by atoms with Crippen molar-refractivity contribution in [1.29, 1.82) is 0 Å². The summed E-state index contributed by atoms with van der Waals surface area (Å²) in [6.45, 7) is 2.03. The van der Waals surface area contributed by atoms with Crippen LogP contribution in [0.3, 0.4) is 0 Å². The quantitative estimate of drug-likeness (QED) is 0.470. The van der Waals surface area contributed by atoms with Crippen LogP contribution in [0.15, 0.2) is 64.4 Å². The molecule has 0 saturated heterocycles. The zero-order valence-electron chi connectivity index (χ0n) is 11.9. The standard InChI is InChI=1S/C18H11N3S.Ir/c1-2-7-16-14(5-1)15-6-3-4-8-17(15)20-12-21(19-18(16)20)13-9-10-22-11-13;/h1-7,9-12H;/q-2;. The van der Waals surface area contributed by atoms with Gasteiger partial charge in [-0.3, -0.25) is 0 Å². The van der Waals surface area contributed by atoms with Gasteiger partial charge in [0.05, 0.1) is 0 Å². The zero-order valence-corrected chi connectivity index (χ0v) is 15.1. The van der Waals surface area contributed by atoms with E-state index in [0.717, 1.165) is 22.8 Å². The smallest absolute Gasteiger partial charge is 0.127 e. The Kier molecular flexibility index (Phi) is 3.57. The molecule has 0 N–H and O–H groups in total. The Morgan fingerprint density at radius 1 is 1.00 bits per heavy atom. The van der Waals surface area contributed by atoms with E-state index in [4.69, 9.17) is 5.10 Å². The predicted octanol–water partition coefficient (Wildman–Crippen LogP) is 4.33. The molecular weight excluding hydrogens is 483 g/mol. The summed E-state index contributed by atoms with van der Waals surface area (Å²) in [5.74, 6) is 0.955. The third-order valence-electron chi connectivity index (χ3n) is 3.96. The second-order valence-electron chi connectivity index (χ2n) is 5.21. The van der Waals surface area contributed by atoms with Crippen molar-refractivity contribution < 1.29 is 20.1 Å². The number of fused-ring (bicyclic) bond motifs is 6. The summed E-state index contributed by atoms with van der Waals surface area (Å²) >= 11 is 1.67. The van der Waals surface area contributed by atoms with Gasteiger partial charge in [0, 0.05) is 36.7 Å². The summed E-state index contributed by atoms with van der Waals surface area (Å²) in [6.07, 6.45) is 0. The van der Waals surface area contributed by atoms with E-state index in [2.05, 4.69) is 58.1 Å². The second-order valence-corrected chi connectivity index (χ2v) is 5.99. The molecule has 0 fully saturated rings. The number of hydrogen-bond acceptors (Lipinski definition) is 4. The molecule has 0 unspecified atom stereocenters. The Hall–Kier alpha value is -1.94. The zero-order chi connectivity index (χ0) is 14.5. The van der Waals surface area contributed by atoms with Gasteiger partial charge in [0.1, 0.15) is 5.84 Å². The van der Waals surface area contributed by atoms with Gasteiger partial charge in [-0.15, -0.1) is 12.2 Å². The Morgan fingerprint density at radius 2 is 1.83 bits per heavy atom. The van der Waals surface area contributed by atoms with Crippen LogP contribution in [-0.4, -0.2) is 5.84 Å². The number of hydrogen-bond donors (Lipinski definition) is 0. The van der Waals surface area contributed by atoms with Crippen LogP contribution >= 0.6 is 11.3 Å². The van der Waals surface area contributed by atoms with Gasteiger partial charge in [0.25, 0.3) is 0 Å². The summed E-state index contributed by atoms with van der Waals surface area (Å²) in [5, 5.41) is 10.9. The predicted molar refractivity (Wildman–Crippen MR) is 90.8 cm³/mol. The number of benzene rings is 2. The topological polar surface area (TPSA) is 18.8 Å². The van der Waals surface area contributed by atoms with Crippen LogP contribution < -0.4 is 9.91 Å². The Balaban J connectivity index is 0.00000135. The minimum atomic E-state index is 0. The molecule has 1 aromatic heterocycles. The van der Waals surface area contributed by atoms with Gasteiger partial charge in [-0.25, -0.2) is 0 Å². The van der Waals surface area contributed by atoms with Crippen LogP contribution in [-0.2, 0) is 20.1 Å². The fourth-order valence-electron chi connectivity index (χ4n) is 2.96. The van der Waals surface area contributed by atoms with Crippen molar-refractivity contribution in [3.8, 4) is 11.1 Å². The molecule has 2 aliphatic rings. The van der Waals surface area contributed by atoms with E-state index >= 15 is 0 Å². The summed E-state index contributed by atoms with van der Waals surface area (Å²) in [7, 11) is 0. The number of nitrogens with zero attached hydrogens (tertiary/aromatic N) is 3. The van der Waals surface area contributed by atoms with Crippen LogP contribution in [0.2, 0.25) is 0 Å². The van der Waals surface area contributed by atoms with E-state index in [9.17, 15) is 0 Å². The fraction of sp³-hybridized carbons (Fsp3) is 0. The van der Waals surface area contributed by atoms with E-state index in [1.807, 2.05) is 23.8 Å². The van der Waals surface area contributed by atoms with Gasteiger partial charge in [-0.2, -0.15) is 40.7 Å². The first-order valence-electron chi connectivity index (χ1n) is 7.06. The van der Waals surface area contributed by atoms with Gasteiger partial charge < -0.3 is 9.91 Å². The number of hydrazone groups is 1. The molecule has 115 valence electrons. The monoisotopic (exact) mass is 494 g/mol. The molecule has 5 rings (SSSR count). The van der Waals surface area contributed by atoms with Crippen molar-refractivity contribution >= 4 is 28.5 Å². The molecule has 0 bridgehead atoms. The maximum Gasteiger partial charge on any atom is 0.127 e. The maximum atomic E-state index is 4.80. The van der Waals surface area contributed by atoms with E-state index in [-0.39, 0.29) is 20.1 Å². The van der Waals surface area contributed by atoms with Crippen LogP contribution in [0.25, 0.3) is 11.1 Å². The Labute approximate surface area is 152 Å². The Morgan fingerprint density at radius 3 is 2.65 bits per heavy atom. The van der Waals surface area contributed by atoms with E-state index < -0.39 is 0 Å². The van der Waals surface area contributed by atoms with Gasteiger partial charge >= 0.3 is 0 Å². The van der Waals surface area contributed by atoms with Crippen molar-refractivity contribution in [3.05, 3.63) is 77.6 Å². The normalized spacial score (nSPS) is 14.5. The molecule has 2 aromatic carbocycles. The van der Waals surface area contributed by atoms with E-state index in [0.29, 0.717) is 0 Å². The average molecular weight is 494 g/mol. The third-order valence-corrected chi connectivity index (χ3v) is 4.63. The van der Waals surface area contributed by atoms with Crippen LogP contribution in [0.5, 0.6) is 0 Å². The van der Waals surface area contributed by atoms with E-state index in [1.54, 1.807) is 11.3 Å². The van der Waals surface area contributed by atoms with E-state index in [1.165, 1.54) is 11.1 Å². The number of thiophene rings is 1. The van der Waals surface area contributed by atoms with Crippen molar-refractivity contribution in [2.75, 3.05) is 9.91 Å². The first kappa shape index (κ1) is 14.6. The van der Waals surface area contributed by atoms with Crippen molar-refractivity contribution in [3.63, 3.8) is 0 Å². The van der Waals surface area contributed by atoms with Gasteiger partial charge in [-0.05, 0) is 11.4 Å². The molecular formula is C18H11IrN3S-2. The first-order chi connectivity index (χ1) is 10.9. The number of amidine groups is 1. The van der Waals surface area contributed by atoms with Gasteiger partial charge in [0.2, 0.25) is 0 Å². The molecule has 0 amide bonds. The van der Waals surface area contributed by atoms with Gasteiger partial charge in [-0.1, -0.05) is 35.5 Å². The fourth-order valence-corrected chi connectivity index (χ4v) is 3.58. The SMILES string of the molecule is [Ir].[c-]1cccc2c1N1[CH-]N(c3ccsc3)N=C1c1ccccc1-2. The Bertz CT molecular complexity index is 889. The number of anilines is 2. The van der Waals surface area contributed by atoms with Crippen molar-refractivity contribution in [2.45, 2.75) is 0 Å². The van der Waals surface area contributed by atoms with Crippen molar-refractivity contribution in [1.82, 2.24) is 0 Å². The summed E-state index contributed by atoms with van der Waals surface area (Å²) in [5.41, 5.74) is 5.70. The van der Waals surface area contributed by atoms with Gasteiger partial charge in [0.15, 0.2) is 0 Å². The molecule has 1 radical (unpaired) electrons. The van der Waals surface area contributed by atoms with Crippen molar-refractivity contribution in [2.24, 2.45) is 5.10 Å². The molecule has 2 aliphatic heterocycles. The molecule has 3 nitrogen and oxygen atoms in total. The van der Waals surface area contributed by atoms with Crippen LogP contribution in [0.4, 0.5) is 11.4 Å². The summed E-state index contributed by atoms with van der Waals surface area (Å²) in [4.78, 5) is 2.12. The second kappa shape index (κ2) is 5.60. The summed E-state index contributed by atoms with van der Waals surface area (Å²) in [6, 6.07) is 20.0. The molecule has 3 aromatic rings. The minimum absolute atomic E-state index is 0. The largest absolute Gasteiger partial charge is 0.476 e. The third kappa shape index (κ3) is 2.16. The number of rotatable bonds is 1. The molecule has 3 heterocycles. The van der Waals surface area contributed by atoms with Crippen LogP contribution in [0.1, 0.15) is 5.56 Å². The minimum Gasteiger partial charge on any atom is -0.476 e. The first-order valence-corrected chi connectivity index (χ1v) is 8.01. The maximum absolute atomic E-state index is 4.80. The molecule has 5 heteroatoms. The molecule has 0 atom stereocenters. The molecule has 0 aliphatic carbocycles. The molecule has 0 saturated carbocycles.